The molecule has 40 valence electrons. The summed E-state index contributed by atoms with van der Waals surface area (Å²) in [7, 11) is 0. The maximum atomic E-state index is 8.89. The molecule has 0 heterocycles. The van der Waals surface area contributed by atoms with E-state index in [1.165, 1.54) is 0 Å². The molecule has 0 spiro atoms. The fourth-order valence-electron chi connectivity index (χ4n) is 0. The molecule has 0 radical (unpaired) electrons. The minimum atomic E-state index is -1.08. The van der Waals surface area contributed by atoms with Crippen molar-refractivity contribution in [2.24, 2.45) is 0 Å². The molecule has 0 aliphatic rings. The second-order valence-electron chi connectivity index (χ2n) is 0.492. The van der Waals surface area contributed by atoms with Crippen LogP contribution in [0.5, 0.6) is 0 Å². The Bertz CT molecular complexity index is 34.5. The van der Waals surface area contributed by atoms with Crippen molar-refractivity contribution >= 4 is 5.97 Å². The predicted octanol–water partition coefficient (Wildman–Crippen LogP) is -4.24. The van der Waals surface area contributed by atoms with E-state index in [-0.39, 0.29) is 28.9 Å². The Hall–Kier alpha value is 0.254. The summed E-state index contributed by atoms with van der Waals surface area (Å²) in [5.41, 5.74) is 0. The molecular weight excluding hydrogens is 150 g/mol. The van der Waals surface area contributed by atoms with Crippen LogP contribution >= 0.6 is 0 Å². The van der Waals surface area contributed by atoms with Gasteiger partial charge in [0.2, 0.25) is 0 Å². The third kappa shape index (κ3) is 701. The zero-order valence-corrected chi connectivity index (χ0v) is 4.75. The fraction of sp³-hybridized carbons (Fsp3) is 0.500. The van der Waals surface area contributed by atoms with Crippen LogP contribution in [0.4, 0.5) is 0 Å². The van der Waals surface area contributed by atoms with Crippen LogP contribution in [-0.2, 0) is 21.3 Å². The Labute approximate surface area is 52.3 Å². The maximum absolute atomic E-state index is 8.89. The van der Waals surface area contributed by atoms with Gasteiger partial charge in [-0.25, -0.2) is 0 Å². The smallest absolute Gasteiger partial charge is 1.00 e. The zero-order valence-electron chi connectivity index (χ0n) is 3.01. The second-order valence-corrected chi connectivity index (χ2v) is 0.492. The first-order chi connectivity index (χ1) is 1.73. The molecule has 0 amide bonds. The molecule has 0 aliphatic heterocycles. The van der Waals surface area contributed by atoms with Gasteiger partial charge in [-0.15, -0.1) is 0 Å². The van der Waals surface area contributed by atoms with E-state index >= 15 is 0 Å². The number of carbonyl (C=O) groups is 1. The van der Waals surface area contributed by atoms with Gasteiger partial charge in [0.25, 0.3) is 0 Å². The Morgan fingerprint density at radius 1 is 1.67 bits per heavy atom. The van der Waals surface area contributed by atoms with Gasteiger partial charge in [0.05, 0.1) is 0 Å². The molecule has 4 heteroatoms. The summed E-state index contributed by atoms with van der Waals surface area (Å²) in [5, 5.41) is 8.89. The van der Waals surface area contributed by atoms with Crippen LogP contribution in [0.25, 0.3) is 0 Å². The van der Waals surface area contributed by atoms with E-state index in [0.29, 0.717) is 0 Å². The van der Waals surface area contributed by atoms with E-state index in [9.17, 15) is 0 Å². The van der Waals surface area contributed by atoms with Gasteiger partial charge in [0.15, 0.2) is 0 Å². The van der Waals surface area contributed by atoms with Crippen molar-refractivity contribution in [3.8, 4) is 0 Å². The molecule has 0 bridgehead atoms. The summed E-state index contributed by atoms with van der Waals surface area (Å²) >= 11 is 0. The monoisotopic (exact) mass is 152 g/mol. The standard InChI is InChI=1S/C2H4O2.ClH.Ni/c1-2(3)4;;/h1H3,(H,3,4);1H;/q;;+2/p-2. The molecule has 0 N–H and O–H groups in total. The minimum Gasteiger partial charge on any atom is -1.00 e. The predicted molar refractivity (Wildman–Crippen MR) is 10.7 cm³/mol. The zero-order chi connectivity index (χ0) is 3.58. The molecule has 0 aliphatic carbocycles. The van der Waals surface area contributed by atoms with Gasteiger partial charge in [0.1, 0.15) is 0 Å². The van der Waals surface area contributed by atoms with Crippen LogP contribution in [-0.4, -0.2) is 5.97 Å². The van der Waals surface area contributed by atoms with E-state index in [2.05, 4.69) is 0 Å². The van der Waals surface area contributed by atoms with Crippen molar-refractivity contribution in [3.63, 3.8) is 0 Å². The number of hydrogen-bond acceptors (Lipinski definition) is 2. The molecule has 6 heavy (non-hydrogen) atoms. The van der Waals surface area contributed by atoms with Crippen molar-refractivity contribution in [3.05, 3.63) is 0 Å². The molecule has 0 rings (SSSR count). The van der Waals surface area contributed by atoms with Crippen LogP contribution in [0.3, 0.4) is 0 Å². The number of hydrogen-bond donors (Lipinski definition) is 0. The van der Waals surface area contributed by atoms with E-state index in [4.69, 9.17) is 9.90 Å². The van der Waals surface area contributed by atoms with E-state index in [1.54, 1.807) is 0 Å². The number of carboxylic acid groups (broad SMARTS) is 1. The van der Waals surface area contributed by atoms with Gasteiger partial charge in [-0.1, -0.05) is 0 Å². The maximum Gasteiger partial charge on any atom is 2.00 e. The van der Waals surface area contributed by atoms with E-state index < -0.39 is 5.97 Å². The number of rotatable bonds is 0. The van der Waals surface area contributed by atoms with Crippen LogP contribution < -0.4 is 17.5 Å². The van der Waals surface area contributed by atoms with Gasteiger partial charge < -0.3 is 22.3 Å². The quantitative estimate of drug-likeness (QED) is 0.331. The third-order valence-corrected chi connectivity index (χ3v) is 0. The van der Waals surface area contributed by atoms with Crippen LogP contribution in [0.1, 0.15) is 6.92 Å². The molecule has 0 fully saturated rings. The first kappa shape index (κ1) is 16.3. The molecule has 0 saturated heterocycles. The summed E-state index contributed by atoms with van der Waals surface area (Å²) in [6, 6.07) is 0. The first-order valence-corrected chi connectivity index (χ1v) is 0.908. The van der Waals surface area contributed by atoms with Gasteiger partial charge in [-0.3, -0.25) is 0 Å². The normalized spacial score (nSPS) is 4.17. The van der Waals surface area contributed by atoms with Gasteiger partial charge >= 0.3 is 16.5 Å². The largest absolute Gasteiger partial charge is 2.00 e. The summed E-state index contributed by atoms with van der Waals surface area (Å²) in [5.74, 6) is -1.08. The summed E-state index contributed by atoms with van der Waals surface area (Å²) in [6.07, 6.45) is 0. The molecule has 0 aromatic heterocycles. The average Bonchev–Trinajstić information content (AvgIpc) is 0.811. The SMILES string of the molecule is CC(=O)[O-].[Cl-].[Ni+2]. The number of carboxylic acids is 1. The van der Waals surface area contributed by atoms with Gasteiger partial charge in [-0.2, -0.15) is 0 Å². The topological polar surface area (TPSA) is 40.1 Å². The molecule has 2 nitrogen and oxygen atoms in total. The van der Waals surface area contributed by atoms with E-state index in [0.717, 1.165) is 6.92 Å². The first-order valence-electron chi connectivity index (χ1n) is 0.908. The Balaban J connectivity index is -0.0000000450. The Kier molecular flexibility index (Phi) is 24.4. The number of halogens is 1. The van der Waals surface area contributed by atoms with Crippen LogP contribution in [0, 0.1) is 0 Å². The van der Waals surface area contributed by atoms with Crippen molar-refractivity contribution in [2.45, 2.75) is 6.92 Å². The Morgan fingerprint density at radius 2 is 1.67 bits per heavy atom. The summed E-state index contributed by atoms with van der Waals surface area (Å²) in [4.78, 5) is 8.89. The van der Waals surface area contributed by atoms with Gasteiger partial charge in [-0.05, 0) is 6.92 Å². The molecule has 0 atom stereocenters. The van der Waals surface area contributed by atoms with E-state index in [1.807, 2.05) is 0 Å². The van der Waals surface area contributed by atoms with Crippen LogP contribution in [0.2, 0.25) is 0 Å². The summed E-state index contributed by atoms with van der Waals surface area (Å²) in [6.45, 7) is 0.972. The number of aliphatic carboxylic acids is 1. The molecule has 0 unspecified atom stereocenters. The van der Waals surface area contributed by atoms with Crippen molar-refractivity contribution < 1.29 is 38.8 Å². The third-order valence-electron chi connectivity index (χ3n) is 0. The van der Waals surface area contributed by atoms with Crippen molar-refractivity contribution in [1.82, 2.24) is 0 Å². The van der Waals surface area contributed by atoms with Crippen molar-refractivity contribution in [1.29, 1.82) is 0 Å². The van der Waals surface area contributed by atoms with Crippen LogP contribution in [0.15, 0.2) is 0 Å². The minimum absolute atomic E-state index is 0. The number of carbonyl (C=O) groups excluding carboxylic acids is 1. The second kappa shape index (κ2) is 8.98. The Morgan fingerprint density at radius 3 is 1.67 bits per heavy atom. The molecule has 0 saturated carbocycles. The summed E-state index contributed by atoms with van der Waals surface area (Å²) < 4.78 is 0. The molecule has 0 aromatic carbocycles. The fourth-order valence-corrected chi connectivity index (χ4v) is 0. The van der Waals surface area contributed by atoms with Gasteiger partial charge in [0, 0.05) is 5.97 Å². The van der Waals surface area contributed by atoms with Crippen molar-refractivity contribution in [2.75, 3.05) is 0 Å². The molecule has 0 aromatic rings. The average molecular weight is 153 g/mol. The molecular formula is C2H3ClNiO2.